The maximum atomic E-state index is 11.5. The lowest BCUT2D eigenvalue weighted by atomic mass is 9.90. The number of methoxy groups -OCH3 is 1. The van der Waals surface area contributed by atoms with Crippen LogP contribution in [0.15, 0.2) is 42.5 Å². The highest BCUT2D eigenvalue weighted by Crippen LogP contribution is 2.36. The van der Waals surface area contributed by atoms with Crippen LogP contribution in [0.4, 0.5) is 5.69 Å². The molecule has 0 saturated carbocycles. The average Bonchev–Trinajstić information content (AvgIpc) is 2.63. The summed E-state index contributed by atoms with van der Waals surface area (Å²) in [6.45, 7) is 4.36. The third-order valence-electron chi connectivity index (χ3n) is 4.50. The summed E-state index contributed by atoms with van der Waals surface area (Å²) in [5.41, 5.74) is 13.2. The molecule has 2 aromatic carbocycles. The summed E-state index contributed by atoms with van der Waals surface area (Å²) in [5, 5.41) is 9.97. The largest absolute Gasteiger partial charge is 0.485 e. The molecular weight excluding hydrogens is 344 g/mol. The van der Waals surface area contributed by atoms with E-state index in [1.165, 1.54) is 12.7 Å². The number of esters is 1. The Balaban J connectivity index is 0.000000244. The van der Waals surface area contributed by atoms with Gasteiger partial charge in [-0.15, -0.1) is 0 Å². The number of hydrogen-bond donors (Lipinski definition) is 3. The molecule has 5 N–H and O–H groups in total. The predicted octanol–water partition coefficient (Wildman–Crippen LogP) is 2.32. The zero-order valence-electron chi connectivity index (χ0n) is 16.1. The molecule has 0 bridgehead atoms. The van der Waals surface area contributed by atoms with Crippen LogP contribution in [0, 0.1) is 0 Å². The molecule has 6 heteroatoms. The lowest BCUT2D eigenvalue weighted by Crippen LogP contribution is -2.46. The van der Waals surface area contributed by atoms with Gasteiger partial charge in [0, 0.05) is 18.2 Å². The highest BCUT2D eigenvalue weighted by Gasteiger charge is 2.36. The maximum Gasteiger partial charge on any atom is 0.339 e. The second-order valence-corrected chi connectivity index (χ2v) is 6.99. The van der Waals surface area contributed by atoms with Crippen LogP contribution in [-0.2, 0) is 17.6 Å². The van der Waals surface area contributed by atoms with Crippen LogP contribution in [0.1, 0.15) is 35.3 Å². The van der Waals surface area contributed by atoms with Crippen LogP contribution in [0.5, 0.6) is 5.75 Å². The number of aliphatic hydroxyl groups excluding tert-OH is 1. The van der Waals surface area contributed by atoms with Gasteiger partial charge >= 0.3 is 5.97 Å². The summed E-state index contributed by atoms with van der Waals surface area (Å²) in [7, 11) is 1.30. The molecule has 0 aromatic heterocycles. The summed E-state index contributed by atoms with van der Waals surface area (Å²) < 4.78 is 10.4. The van der Waals surface area contributed by atoms with Crippen molar-refractivity contribution in [2.45, 2.75) is 38.4 Å². The topological polar surface area (TPSA) is 108 Å². The summed E-state index contributed by atoms with van der Waals surface area (Å²) in [6, 6.07) is 13.5. The summed E-state index contributed by atoms with van der Waals surface area (Å²) in [5.74, 6) is 0.116. The SMILES string of the molecule is COC(=O)c1cc2c(cc1N)OC(C)(C)C(O)C2.NCCc1ccccc1. The monoisotopic (exact) mass is 372 g/mol. The van der Waals surface area contributed by atoms with Gasteiger partial charge in [0.25, 0.3) is 0 Å². The standard InChI is InChI=1S/C13H17NO4.C8H11N/c1-13(2)11(15)5-7-4-8(12(16)17-3)9(14)6-10(7)18-13;9-7-6-8-4-2-1-3-5-8/h4,6,11,15H,5,14H2,1-3H3;1-5H,6-7,9H2. The van der Waals surface area contributed by atoms with Gasteiger partial charge in [0.1, 0.15) is 11.4 Å². The van der Waals surface area contributed by atoms with E-state index in [2.05, 4.69) is 16.9 Å². The molecule has 3 rings (SSSR count). The number of anilines is 1. The van der Waals surface area contributed by atoms with Crippen LogP contribution >= 0.6 is 0 Å². The Morgan fingerprint density at radius 2 is 1.96 bits per heavy atom. The van der Waals surface area contributed by atoms with Gasteiger partial charge in [-0.05, 0) is 44.0 Å². The van der Waals surface area contributed by atoms with Crippen molar-refractivity contribution in [1.82, 2.24) is 0 Å². The molecular formula is C21H28N2O4. The van der Waals surface area contributed by atoms with Gasteiger partial charge in [0.05, 0.1) is 18.8 Å². The first kappa shape index (κ1) is 20.7. The third-order valence-corrected chi connectivity index (χ3v) is 4.50. The molecule has 0 radical (unpaired) electrons. The van der Waals surface area contributed by atoms with E-state index in [9.17, 15) is 9.90 Å². The van der Waals surface area contributed by atoms with E-state index < -0.39 is 17.7 Å². The van der Waals surface area contributed by atoms with E-state index in [1.54, 1.807) is 12.1 Å². The fraction of sp³-hybridized carbons (Fsp3) is 0.381. The summed E-state index contributed by atoms with van der Waals surface area (Å²) in [6.07, 6.45) is 0.784. The number of nitrogens with two attached hydrogens (primary N) is 2. The zero-order valence-corrected chi connectivity index (χ0v) is 16.1. The Hall–Kier alpha value is -2.57. The highest BCUT2D eigenvalue weighted by molar-refractivity contribution is 5.95. The van der Waals surface area contributed by atoms with Crippen molar-refractivity contribution in [2.75, 3.05) is 19.4 Å². The first-order valence-electron chi connectivity index (χ1n) is 8.90. The number of carbonyl (C=O) groups is 1. The Kier molecular flexibility index (Phi) is 6.82. The average molecular weight is 372 g/mol. The molecule has 1 heterocycles. The van der Waals surface area contributed by atoms with E-state index in [4.69, 9.17) is 16.2 Å². The zero-order chi connectivity index (χ0) is 20.0. The molecule has 1 aliphatic rings. The number of ether oxygens (including phenoxy) is 2. The Morgan fingerprint density at radius 3 is 2.56 bits per heavy atom. The molecule has 0 aliphatic carbocycles. The summed E-state index contributed by atoms with van der Waals surface area (Å²) >= 11 is 0. The van der Waals surface area contributed by atoms with Gasteiger partial charge in [-0.25, -0.2) is 4.79 Å². The van der Waals surface area contributed by atoms with Crippen LogP contribution in [0.25, 0.3) is 0 Å². The number of hydrogen-bond acceptors (Lipinski definition) is 6. The number of fused-ring (bicyclic) bond motifs is 1. The van der Waals surface area contributed by atoms with Crippen LogP contribution in [0.2, 0.25) is 0 Å². The molecule has 0 saturated heterocycles. The van der Waals surface area contributed by atoms with Crippen molar-refractivity contribution in [3.8, 4) is 5.75 Å². The van der Waals surface area contributed by atoms with E-state index in [1.807, 2.05) is 32.0 Å². The second kappa shape index (κ2) is 8.88. The minimum Gasteiger partial charge on any atom is -0.485 e. The molecule has 6 nitrogen and oxygen atoms in total. The van der Waals surface area contributed by atoms with Gasteiger partial charge in [-0.2, -0.15) is 0 Å². The maximum absolute atomic E-state index is 11.5. The van der Waals surface area contributed by atoms with Crippen molar-refractivity contribution >= 4 is 11.7 Å². The lowest BCUT2D eigenvalue weighted by Gasteiger charge is -2.37. The molecule has 0 amide bonds. The number of aliphatic hydroxyl groups is 1. The van der Waals surface area contributed by atoms with Crippen molar-refractivity contribution in [3.05, 3.63) is 59.2 Å². The Morgan fingerprint density at radius 1 is 1.30 bits per heavy atom. The van der Waals surface area contributed by atoms with Crippen LogP contribution in [0.3, 0.4) is 0 Å². The first-order valence-corrected chi connectivity index (χ1v) is 8.90. The van der Waals surface area contributed by atoms with Gasteiger partial charge in [0.15, 0.2) is 0 Å². The minimum absolute atomic E-state index is 0.298. The normalized spacial score (nSPS) is 17.0. The van der Waals surface area contributed by atoms with Crippen LogP contribution in [-0.4, -0.2) is 36.4 Å². The number of benzene rings is 2. The first-order chi connectivity index (χ1) is 12.8. The van der Waals surface area contributed by atoms with Crippen molar-refractivity contribution < 1.29 is 19.4 Å². The molecule has 27 heavy (non-hydrogen) atoms. The van der Waals surface area contributed by atoms with E-state index in [-0.39, 0.29) is 0 Å². The minimum atomic E-state index is -0.660. The van der Waals surface area contributed by atoms with Crippen molar-refractivity contribution in [2.24, 2.45) is 5.73 Å². The fourth-order valence-corrected chi connectivity index (χ4v) is 2.80. The molecule has 0 fully saturated rings. The number of carbonyl (C=O) groups excluding carboxylic acids is 1. The van der Waals surface area contributed by atoms with Crippen LogP contribution < -0.4 is 16.2 Å². The van der Waals surface area contributed by atoms with E-state index >= 15 is 0 Å². The van der Waals surface area contributed by atoms with Gasteiger partial charge in [-0.3, -0.25) is 0 Å². The quantitative estimate of drug-likeness (QED) is 0.564. The molecule has 1 aliphatic heterocycles. The number of nitrogen functional groups attached to an aromatic ring is 1. The van der Waals surface area contributed by atoms with Crippen molar-refractivity contribution in [1.29, 1.82) is 0 Å². The molecule has 146 valence electrons. The number of rotatable bonds is 3. The Bertz CT molecular complexity index is 775. The molecule has 1 atom stereocenters. The second-order valence-electron chi connectivity index (χ2n) is 6.99. The van der Waals surface area contributed by atoms with Gasteiger partial charge < -0.3 is 26.0 Å². The molecule has 0 spiro atoms. The van der Waals surface area contributed by atoms with Gasteiger partial charge in [0.2, 0.25) is 0 Å². The third kappa shape index (κ3) is 5.21. The van der Waals surface area contributed by atoms with E-state index in [0.717, 1.165) is 18.5 Å². The molecule has 2 aromatic rings. The highest BCUT2D eigenvalue weighted by atomic mass is 16.5. The molecule has 1 unspecified atom stereocenters. The summed E-state index contributed by atoms with van der Waals surface area (Å²) in [4.78, 5) is 11.5. The predicted molar refractivity (Wildman–Crippen MR) is 106 cm³/mol. The van der Waals surface area contributed by atoms with Crippen molar-refractivity contribution in [3.63, 3.8) is 0 Å². The lowest BCUT2D eigenvalue weighted by molar-refractivity contribution is -0.0411. The fourth-order valence-electron chi connectivity index (χ4n) is 2.80. The Labute approximate surface area is 160 Å². The van der Waals surface area contributed by atoms with E-state index in [0.29, 0.717) is 23.4 Å². The van der Waals surface area contributed by atoms with Gasteiger partial charge in [-0.1, -0.05) is 30.3 Å². The smallest absolute Gasteiger partial charge is 0.339 e.